The first-order valence-electron chi connectivity index (χ1n) is 13.0. The second kappa shape index (κ2) is 12.2. The van der Waals surface area contributed by atoms with Crippen LogP contribution in [-0.2, 0) is 4.79 Å². The maximum atomic E-state index is 13.5. The molecule has 5 nitrogen and oxygen atoms in total. The quantitative estimate of drug-likeness (QED) is 0.341. The number of hydrogen-bond donors (Lipinski definition) is 3. The maximum absolute atomic E-state index is 13.5. The average molecular weight is 480 g/mol. The first-order chi connectivity index (χ1) is 16.3. The predicted octanol–water partition coefficient (Wildman–Crippen LogP) is 7.97. The SMILES string of the molecule is CC(C)c1cccc(C(C)C)c1NC(=O)N[C@@H](C(=O)Nc1c(C(C)C)cccc1C(C)C)C(C)C. The summed E-state index contributed by atoms with van der Waals surface area (Å²) in [4.78, 5) is 26.7. The molecule has 0 aliphatic carbocycles. The van der Waals surface area contributed by atoms with Crippen LogP contribution in [0.1, 0.15) is 115 Å². The van der Waals surface area contributed by atoms with E-state index in [-0.39, 0.29) is 41.5 Å². The van der Waals surface area contributed by atoms with Gasteiger partial charge >= 0.3 is 6.03 Å². The van der Waals surface area contributed by atoms with Crippen molar-refractivity contribution in [2.45, 2.75) is 99.0 Å². The van der Waals surface area contributed by atoms with Crippen LogP contribution >= 0.6 is 0 Å². The second-order valence-electron chi connectivity index (χ2n) is 11.1. The van der Waals surface area contributed by atoms with E-state index in [1.807, 2.05) is 26.0 Å². The molecule has 0 spiro atoms. The van der Waals surface area contributed by atoms with Gasteiger partial charge in [-0.15, -0.1) is 0 Å². The molecule has 0 bridgehead atoms. The summed E-state index contributed by atoms with van der Waals surface area (Å²) < 4.78 is 0. The van der Waals surface area contributed by atoms with E-state index in [1.165, 1.54) is 0 Å². The summed E-state index contributed by atoms with van der Waals surface area (Å²) in [5, 5.41) is 9.20. The minimum absolute atomic E-state index is 0.0839. The van der Waals surface area contributed by atoms with E-state index >= 15 is 0 Å². The average Bonchev–Trinajstić information content (AvgIpc) is 2.76. The molecule has 0 unspecified atom stereocenters. The lowest BCUT2D eigenvalue weighted by molar-refractivity contribution is -0.118. The molecule has 0 radical (unpaired) electrons. The van der Waals surface area contributed by atoms with Gasteiger partial charge < -0.3 is 16.0 Å². The number of hydrogen-bond acceptors (Lipinski definition) is 2. The third kappa shape index (κ3) is 7.09. The highest BCUT2D eigenvalue weighted by Crippen LogP contribution is 2.34. The maximum Gasteiger partial charge on any atom is 0.319 e. The zero-order valence-electron chi connectivity index (χ0n) is 23.2. The summed E-state index contributed by atoms with van der Waals surface area (Å²) in [6.45, 7) is 20.9. The molecule has 2 aromatic rings. The smallest absolute Gasteiger partial charge is 0.319 e. The van der Waals surface area contributed by atoms with Gasteiger partial charge in [-0.25, -0.2) is 4.79 Å². The van der Waals surface area contributed by atoms with Crippen LogP contribution < -0.4 is 16.0 Å². The van der Waals surface area contributed by atoms with Crippen molar-refractivity contribution in [1.82, 2.24) is 5.32 Å². The molecule has 0 aromatic heterocycles. The fourth-order valence-electron chi connectivity index (χ4n) is 4.42. The molecule has 5 heteroatoms. The lowest BCUT2D eigenvalue weighted by atomic mass is 9.92. The van der Waals surface area contributed by atoms with Crippen molar-refractivity contribution in [3.8, 4) is 0 Å². The lowest BCUT2D eigenvalue weighted by Gasteiger charge is -2.26. The first-order valence-corrected chi connectivity index (χ1v) is 13.0. The number of amides is 3. The zero-order chi connectivity index (χ0) is 26.4. The van der Waals surface area contributed by atoms with Gasteiger partial charge in [0.2, 0.25) is 5.91 Å². The van der Waals surface area contributed by atoms with Gasteiger partial charge in [-0.05, 0) is 51.8 Å². The van der Waals surface area contributed by atoms with Gasteiger partial charge in [0.15, 0.2) is 0 Å². The molecule has 1 atom stereocenters. The lowest BCUT2D eigenvalue weighted by Crippen LogP contribution is -2.49. The molecule has 3 N–H and O–H groups in total. The monoisotopic (exact) mass is 479 g/mol. The third-order valence-electron chi connectivity index (χ3n) is 6.47. The van der Waals surface area contributed by atoms with E-state index < -0.39 is 6.04 Å². The molecular formula is C30H45N3O2. The van der Waals surface area contributed by atoms with E-state index in [2.05, 4.69) is 95.6 Å². The van der Waals surface area contributed by atoms with Crippen LogP contribution in [0.25, 0.3) is 0 Å². The van der Waals surface area contributed by atoms with E-state index in [0.29, 0.717) is 0 Å². The summed E-state index contributed by atoms with van der Waals surface area (Å²) in [6, 6.07) is 11.3. The topological polar surface area (TPSA) is 70.2 Å². The van der Waals surface area contributed by atoms with Crippen LogP contribution in [0.3, 0.4) is 0 Å². The standard InChI is InChI=1S/C30H45N3O2/c1-17(2)22-13-11-14-23(18(3)4)27(22)31-29(34)26(21(9)10)32-30(35)33-28-24(19(5)6)15-12-16-25(28)20(7)8/h11-21,26H,1-10H3,(H,31,34)(H2,32,33,35)/t26-/m1/s1. The Kier molecular flexibility index (Phi) is 9.93. The zero-order valence-corrected chi connectivity index (χ0v) is 23.2. The fraction of sp³-hybridized carbons (Fsp3) is 0.533. The molecule has 0 fully saturated rings. The van der Waals surface area contributed by atoms with Crippen molar-refractivity contribution in [2.75, 3.05) is 10.6 Å². The molecule has 2 aromatic carbocycles. The number of carbonyl (C=O) groups excluding carboxylic acids is 2. The van der Waals surface area contributed by atoms with Gasteiger partial charge in [-0.3, -0.25) is 4.79 Å². The van der Waals surface area contributed by atoms with Crippen LogP contribution in [0.15, 0.2) is 36.4 Å². The Morgan fingerprint density at radius 2 is 0.914 bits per heavy atom. The summed E-state index contributed by atoms with van der Waals surface area (Å²) in [5.41, 5.74) is 6.08. The Morgan fingerprint density at radius 3 is 1.23 bits per heavy atom. The Balaban J connectivity index is 2.32. The minimum atomic E-state index is -0.677. The van der Waals surface area contributed by atoms with Gasteiger partial charge in [-0.1, -0.05) is 106 Å². The molecule has 0 heterocycles. The van der Waals surface area contributed by atoms with E-state index in [9.17, 15) is 9.59 Å². The summed E-state index contributed by atoms with van der Waals surface area (Å²) in [7, 11) is 0. The van der Waals surface area contributed by atoms with Gasteiger partial charge in [0.05, 0.1) is 0 Å². The largest absolute Gasteiger partial charge is 0.326 e. The molecule has 3 amide bonds. The summed E-state index contributed by atoms with van der Waals surface area (Å²) in [5.74, 6) is 0.760. The normalized spacial score (nSPS) is 12.5. The Bertz CT molecular complexity index is 970. The summed E-state index contributed by atoms with van der Waals surface area (Å²) >= 11 is 0. The molecule has 0 saturated carbocycles. The van der Waals surface area contributed by atoms with Gasteiger partial charge in [-0.2, -0.15) is 0 Å². The number of urea groups is 1. The number of nitrogens with one attached hydrogen (secondary N) is 3. The van der Waals surface area contributed by atoms with Gasteiger partial charge in [0, 0.05) is 11.4 Å². The highest BCUT2D eigenvalue weighted by atomic mass is 16.2. The fourth-order valence-corrected chi connectivity index (χ4v) is 4.42. The number of para-hydroxylation sites is 2. The Hall–Kier alpha value is -2.82. The Morgan fingerprint density at radius 1 is 0.571 bits per heavy atom. The highest BCUT2D eigenvalue weighted by molar-refractivity contribution is 6.00. The van der Waals surface area contributed by atoms with Crippen LogP contribution in [0, 0.1) is 5.92 Å². The molecule has 0 aliphatic heterocycles. The highest BCUT2D eigenvalue weighted by Gasteiger charge is 2.27. The van der Waals surface area contributed by atoms with E-state index in [4.69, 9.17) is 0 Å². The van der Waals surface area contributed by atoms with E-state index in [0.717, 1.165) is 33.6 Å². The van der Waals surface area contributed by atoms with Crippen molar-refractivity contribution < 1.29 is 9.59 Å². The molecule has 2 rings (SSSR count). The number of benzene rings is 2. The summed E-state index contributed by atoms with van der Waals surface area (Å²) in [6.07, 6.45) is 0. The van der Waals surface area contributed by atoms with E-state index in [1.54, 1.807) is 0 Å². The van der Waals surface area contributed by atoms with Crippen molar-refractivity contribution in [2.24, 2.45) is 5.92 Å². The van der Waals surface area contributed by atoms with Crippen LogP contribution in [-0.4, -0.2) is 18.0 Å². The van der Waals surface area contributed by atoms with Gasteiger partial charge in [0.1, 0.15) is 6.04 Å². The molecule has 192 valence electrons. The van der Waals surface area contributed by atoms with Gasteiger partial charge in [0.25, 0.3) is 0 Å². The number of rotatable bonds is 9. The first kappa shape index (κ1) is 28.4. The second-order valence-corrected chi connectivity index (χ2v) is 11.1. The number of carbonyl (C=O) groups is 2. The molecule has 0 saturated heterocycles. The van der Waals surface area contributed by atoms with Crippen LogP contribution in [0.5, 0.6) is 0 Å². The Labute approximate surface area is 212 Å². The van der Waals surface area contributed by atoms with Crippen LogP contribution in [0.4, 0.5) is 16.2 Å². The predicted molar refractivity (Wildman–Crippen MR) is 149 cm³/mol. The molecule has 35 heavy (non-hydrogen) atoms. The van der Waals surface area contributed by atoms with Crippen molar-refractivity contribution in [1.29, 1.82) is 0 Å². The van der Waals surface area contributed by atoms with Crippen molar-refractivity contribution >= 4 is 23.3 Å². The minimum Gasteiger partial charge on any atom is -0.326 e. The molecule has 0 aliphatic rings. The van der Waals surface area contributed by atoms with Crippen molar-refractivity contribution in [3.05, 3.63) is 58.7 Å². The number of anilines is 2. The third-order valence-corrected chi connectivity index (χ3v) is 6.47. The van der Waals surface area contributed by atoms with Crippen LogP contribution in [0.2, 0.25) is 0 Å². The molecular weight excluding hydrogens is 434 g/mol. The van der Waals surface area contributed by atoms with Crippen molar-refractivity contribution in [3.63, 3.8) is 0 Å².